The third-order valence-corrected chi connectivity index (χ3v) is 2.46. The Morgan fingerprint density at radius 2 is 2.23 bits per heavy atom. The summed E-state index contributed by atoms with van der Waals surface area (Å²) < 4.78 is 6.39. The lowest BCUT2D eigenvalue weighted by atomic mass is 10.3. The van der Waals surface area contributed by atoms with Crippen molar-refractivity contribution in [1.29, 1.82) is 0 Å². The molecule has 1 rings (SSSR count). The Kier molecular flexibility index (Phi) is 4.09. The molecule has 0 aliphatic carbocycles. The van der Waals surface area contributed by atoms with Gasteiger partial charge in [0.05, 0.1) is 6.61 Å². The number of nitrogens with two attached hydrogens (primary N) is 1. The Balaban J connectivity index is 2.53. The van der Waals surface area contributed by atoms with E-state index in [-0.39, 0.29) is 0 Å². The van der Waals surface area contributed by atoms with Gasteiger partial charge in [-0.3, -0.25) is 0 Å². The predicted molar refractivity (Wildman–Crippen MR) is 59.0 cm³/mol. The highest BCUT2D eigenvalue weighted by molar-refractivity contribution is 9.10. The minimum absolute atomic E-state index is 0.717. The van der Waals surface area contributed by atoms with Crippen molar-refractivity contribution in [3.05, 3.63) is 22.7 Å². The number of anilines is 1. The first-order valence-corrected chi connectivity index (χ1v) is 5.21. The molecule has 0 saturated heterocycles. The number of nitrogen functional groups attached to an aromatic ring is 1. The number of hydrogen-bond acceptors (Lipinski definition) is 2. The first-order chi connectivity index (χ1) is 6.24. The molecule has 0 radical (unpaired) electrons. The summed E-state index contributed by atoms with van der Waals surface area (Å²) in [6.07, 6.45) is 2.22. The van der Waals surface area contributed by atoms with Crippen molar-refractivity contribution in [2.75, 3.05) is 12.3 Å². The summed E-state index contributed by atoms with van der Waals surface area (Å²) in [7, 11) is 0. The maximum absolute atomic E-state index is 5.70. The van der Waals surface area contributed by atoms with Crippen LogP contribution < -0.4 is 10.5 Å². The standard InChI is InChI=1S/C10H14BrNO/c1-2-3-6-13-8-4-5-9(11)10(12)7-8/h4-5,7H,2-3,6,12H2,1H3. The molecule has 0 aromatic heterocycles. The van der Waals surface area contributed by atoms with E-state index in [4.69, 9.17) is 10.5 Å². The van der Waals surface area contributed by atoms with Crippen LogP contribution in [0.4, 0.5) is 5.69 Å². The molecule has 0 saturated carbocycles. The zero-order valence-electron chi connectivity index (χ0n) is 7.72. The maximum Gasteiger partial charge on any atom is 0.121 e. The highest BCUT2D eigenvalue weighted by Gasteiger charge is 1.97. The highest BCUT2D eigenvalue weighted by Crippen LogP contribution is 2.24. The van der Waals surface area contributed by atoms with Crippen LogP contribution in [0, 0.1) is 0 Å². The normalized spacial score (nSPS) is 10.0. The van der Waals surface area contributed by atoms with Crippen LogP contribution in [0.5, 0.6) is 5.75 Å². The zero-order chi connectivity index (χ0) is 9.68. The first-order valence-electron chi connectivity index (χ1n) is 4.42. The van der Waals surface area contributed by atoms with Crippen LogP contribution in [0.2, 0.25) is 0 Å². The van der Waals surface area contributed by atoms with Crippen molar-refractivity contribution in [2.45, 2.75) is 19.8 Å². The molecule has 0 amide bonds. The van der Waals surface area contributed by atoms with Crippen molar-refractivity contribution < 1.29 is 4.74 Å². The molecule has 13 heavy (non-hydrogen) atoms. The van der Waals surface area contributed by atoms with Gasteiger partial charge in [0, 0.05) is 16.2 Å². The molecule has 0 unspecified atom stereocenters. The van der Waals surface area contributed by atoms with E-state index in [0.29, 0.717) is 5.69 Å². The molecule has 2 N–H and O–H groups in total. The van der Waals surface area contributed by atoms with Crippen LogP contribution >= 0.6 is 15.9 Å². The van der Waals surface area contributed by atoms with Gasteiger partial charge in [0.15, 0.2) is 0 Å². The fourth-order valence-corrected chi connectivity index (χ4v) is 1.19. The van der Waals surface area contributed by atoms with Crippen LogP contribution in [0.1, 0.15) is 19.8 Å². The molecule has 0 aliphatic rings. The van der Waals surface area contributed by atoms with Crippen molar-refractivity contribution in [3.8, 4) is 5.75 Å². The van der Waals surface area contributed by atoms with Gasteiger partial charge in [0.2, 0.25) is 0 Å². The molecule has 1 aromatic rings. The second kappa shape index (κ2) is 5.12. The number of unbranched alkanes of at least 4 members (excludes halogenated alkanes) is 1. The van der Waals surface area contributed by atoms with Crippen LogP contribution in [0.15, 0.2) is 22.7 Å². The Morgan fingerprint density at radius 1 is 1.46 bits per heavy atom. The first kappa shape index (κ1) is 10.4. The number of rotatable bonds is 4. The van der Waals surface area contributed by atoms with Gasteiger partial charge >= 0.3 is 0 Å². The second-order valence-corrected chi connectivity index (χ2v) is 3.74. The molecule has 3 heteroatoms. The Bertz CT molecular complexity index is 276. The lowest BCUT2D eigenvalue weighted by molar-refractivity contribution is 0.309. The summed E-state index contributed by atoms with van der Waals surface area (Å²) >= 11 is 3.33. The van der Waals surface area contributed by atoms with E-state index in [1.54, 1.807) is 0 Å². The molecule has 72 valence electrons. The van der Waals surface area contributed by atoms with E-state index < -0.39 is 0 Å². The summed E-state index contributed by atoms with van der Waals surface area (Å²) in [5.41, 5.74) is 6.41. The number of halogens is 1. The fraction of sp³-hybridized carbons (Fsp3) is 0.400. The number of hydrogen-bond donors (Lipinski definition) is 1. The Hall–Kier alpha value is -0.700. The van der Waals surface area contributed by atoms with Crippen molar-refractivity contribution >= 4 is 21.6 Å². The van der Waals surface area contributed by atoms with Gasteiger partial charge in [-0.05, 0) is 34.5 Å². The summed E-state index contributed by atoms with van der Waals surface area (Å²) in [4.78, 5) is 0. The molecule has 0 heterocycles. The molecule has 0 atom stereocenters. The van der Waals surface area contributed by atoms with E-state index >= 15 is 0 Å². The lowest BCUT2D eigenvalue weighted by Crippen LogP contribution is -1.97. The van der Waals surface area contributed by atoms with Crippen LogP contribution in [-0.4, -0.2) is 6.61 Å². The van der Waals surface area contributed by atoms with Gasteiger partial charge in [-0.1, -0.05) is 13.3 Å². The minimum Gasteiger partial charge on any atom is -0.494 e. The minimum atomic E-state index is 0.717. The summed E-state index contributed by atoms with van der Waals surface area (Å²) in [6, 6.07) is 5.65. The van der Waals surface area contributed by atoms with E-state index in [0.717, 1.165) is 29.7 Å². The molecule has 0 spiro atoms. The van der Waals surface area contributed by atoms with Gasteiger partial charge in [-0.25, -0.2) is 0 Å². The van der Waals surface area contributed by atoms with Gasteiger partial charge in [-0.2, -0.15) is 0 Å². The molecule has 0 aliphatic heterocycles. The Labute approximate surface area is 87.2 Å². The lowest BCUT2D eigenvalue weighted by Gasteiger charge is -2.06. The SMILES string of the molecule is CCCCOc1ccc(Br)c(N)c1. The second-order valence-electron chi connectivity index (χ2n) is 2.89. The average molecular weight is 244 g/mol. The monoisotopic (exact) mass is 243 g/mol. The van der Waals surface area contributed by atoms with Crippen molar-refractivity contribution in [2.24, 2.45) is 0 Å². The largest absolute Gasteiger partial charge is 0.494 e. The Morgan fingerprint density at radius 3 is 2.85 bits per heavy atom. The quantitative estimate of drug-likeness (QED) is 0.652. The van der Waals surface area contributed by atoms with Crippen molar-refractivity contribution in [1.82, 2.24) is 0 Å². The molecule has 2 nitrogen and oxygen atoms in total. The van der Waals surface area contributed by atoms with Crippen LogP contribution in [0.25, 0.3) is 0 Å². The third-order valence-electron chi connectivity index (χ3n) is 1.73. The van der Waals surface area contributed by atoms with Crippen molar-refractivity contribution in [3.63, 3.8) is 0 Å². The number of ether oxygens (including phenoxy) is 1. The summed E-state index contributed by atoms with van der Waals surface area (Å²) in [6.45, 7) is 2.90. The van der Waals surface area contributed by atoms with E-state index in [1.165, 1.54) is 0 Å². The van der Waals surface area contributed by atoms with E-state index in [9.17, 15) is 0 Å². The smallest absolute Gasteiger partial charge is 0.121 e. The topological polar surface area (TPSA) is 35.2 Å². The average Bonchev–Trinajstić information content (AvgIpc) is 2.12. The van der Waals surface area contributed by atoms with Gasteiger partial charge < -0.3 is 10.5 Å². The predicted octanol–water partition coefficient (Wildman–Crippen LogP) is 3.21. The fourth-order valence-electron chi connectivity index (χ4n) is 0.946. The van der Waals surface area contributed by atoms with Crippen LogP contribution in [-0.2, 0) is 0 Å². The molecular weight excluding hydrogens is 230 g/mol. The molecule has 0 bridgehead atoms. The molecular formula is C10H14BrNO. The van der Waals surface area contributed by atoms with Gasteiger partial charge in [0.25, 0.3) is 0 Å². The summed E-state index contributed by atoms with van der Waals surface area (Å²) in [5, 5.41) is 0. The van der Waals surface area contributed by atoms with E-state index in [2.05, 4.69) is 22.9 Å². The van der Waals surface area contributed by atoms with E-state index in [1.807, 2.05) is 18.2 Å². The molecule has 1 aromatic carbocycles. The third kappa shape index (κ3) is 3.27. The zero-order valence-corrected chi connectivity index (χ0v) is 9.30. The molecule has 0 fully saturated rings. The summed E-state index contributed by atoms with van der Waals surface area (Å²) in [5.74, 6) is 0.842. The van der Waals surface area contributed by atoms with Gasteiger partial charge in [0.1, 0.15) is 5.75 Å². The van der Waals surface area contributed by atoms with Gasteiger partial charge in [-0.15, -0.1) is 0 Å². The highest BCUT2D eigenvalue weighted by atomic mass is 79.9. The maximum atomic E-state index is 5.70. The number of benzene rings is 1. The van der Waals surface area contributed by atoms with Crippen LogP contribution in [0.3, 0.4) is 0 Å².